The minimum absolute atomic E-state index is 0.256. The van der Waals surface area contributed by atoms with E-state index in [-0.39, 0.29) is 6.10 Å². The Morgan fingerprint density at radius 1 is 1.00 bits per heavy atom. The Kier molecular flexibility index (Phi) is 3.98. The smallest absolute Gasteiger partial charge is 0.0765 e. The molecule has 0 amide bonds. The summed E-state index contributed by atoms with van der Waals surface area (Å²) >= 11 is 0. The van der Waals surface area contributed by atoms with Crippen molar-refractivity contribution in [3.8, 4) is 0 Å². The fourth-order valence-corrected chi connectivity index (χ4v) is 2.63. The Morgan fingerprint density at radius 3 is 2.35 bits per heavy atom. The number of rotatable bonds is 3. The fraction of sp³-hybridized carbons (Fsp3) is 0.263. The molecule has 0 bridgehead atoms. The lowest BCUT2D eigenvalue weighted by Crippen LogP contribution is -2.02. The van der Waals surface area contributed by atoms with Crippen LogP contribution in [0, 0.1) is 6.92 Å². The van der Waals surface area contributed by atoms with Crippen molar-refractivity contribution >= 4 is 5.57 Å². The van der Waals surface area contributed by atoms with Crippen LogP contribution in [0.5, 0.6) is 0 Å². The van der Waals surface area contributed by atoms with Gasteiger partial charge in [-0.05, 0) is 42.5 Å². The van der Waals surface area contributed by atoms with Crippen molar-refractivity contribution in [1.82, 2.24) is 0 Å². The molecule has 0 saturated carbocycles. The van der Waals surface area contributed by atoms with Crippen LogP contribution >= 0.6 is 0 Å². The SMILES string of the molecule is Cc1ccc(/C(=C/C2CCCO2)c2ccccc2)cc1. The van der Waals surface area contributed by atoms with Gasteiger partial charge in [-0.2, -0.15) is 0 Å². The number of hydrogen-bond acceptors (Lipinski definition) is 1. The molecule has 0 aromatic heterocycles. The first-order chi connectivity index (χ1) is 9.83. The maximum atomic E-state index is 5.77. The Bertz CT molecular complexity index is 575. The van der Waals surface area contributed by atoms with Crippen LogP contribution in [0.25, 0.3) is 5.57 Å². The quantitative estimate of drug-likeness (QED) is 0.787. The van der Waals surface area contributed by atoms with Crippen LogP contribution in [0.1, 0.15) is 29.5 Å². The fourth-order valence-electron chi connectivity index (χ4n) is 2.63. The Morgan fingerprint density at radius 2 is 1.70 bits per heavy atom. The van der Waals surface area contributed by atoms with E-state index in [1.807, 2.05) is 0 Å². The maximum Gasteiger partial charge on any atom is 0.0765 e. The van der Waals surface area contributed by atoms with Gasteiger partial charge in [-0.15, -0.1) is 0 Å². The van der Waals surface area contributed by atoms with Crippen molar-refractivity contribution in [2.24, 2.45) is 0 Å². The van der Waals surface area contributed by atoms with Gasteiger partial charge >= 0.3 is 0 Å². The Balaban J connectivity index is 2.01. The molecule has 1 heterocycles. The zero-order valence-corrected chi connectivity index (χ0v) is 11.9. The molecule has 1 aliphatic rings. The van der Waals surface area contributed by atoms with Crippen LogP contribution in [0.15, 0.2) is 60.7 Å². The molecule has 1 saturated heterocycles. The average molecular weight is 264 g/mol. The van der Waals surface area contributed by atoms with Crippen LogP contribution in [0.2, 0.25) is 0 Å². The molecular weight excluding hydrogens is 244 g/mol. The van der Waals surface area contributed by atoms with E-state index in [0.717, 1.165) is 19.4 Å². The highest BCUT2D eigenvalue weighted by molar-refractivity contribution is 5.80. The lowest BCUT2D eigenvalue weighted by atomic mass is 9.95. The van der Waals surface area contributed by atoms with Crippen LogP contribution in [0.3, 0.4) is 0 Å². The molecule has 0 aliphatic carbocycles. The van der Waals surface area contributed by atoms with Gasteiger partial charge < -0.3 is 4.74 Å². The molecule has 3 rings (SSSR count). The summed E-state index contributed by atoms with van der Waals surface area (Å²) < 4.78 is 5.77. The molecule has 0 N–H and O–H groups in total. The largest absolute Gasteiger partial charge is 0.374 e. The van der Waals surface area contributed by atoms with Crippen molar-refractivity contribution in [3.05, 3.63) is 77.4 Å². The molecule has 1 fully saturated rings. The van der Waals surface area contributed by atoms with Crippen LogP contribution in [0.4, 0.5) is 0 Å². The summed E-state index contributed by atoms with van der Waals surface area (Å²) in [4.78, 5) is 0. The van der Waals surface area contributed by atoms with E-state index in [2.05, 4.69) is 67.6 Å². The molecule has 1 nitrogen and oxygen atoms in total. The van der Waals surface area contributed by atoms with Gasteiger partial charge in [0.1, 0.15) is 0 Å². The van der Waals surface area contributed by atoms with E-state index >= 15 is 0 Å². The number of ether oxygens (including phenoxy) is 1. The van der Waals surface area contributed by atoms with Gasteiger partial charge in [0.2, 0.25) is 0 Å². The van der Waals surface area contributed by atoms with Gasteiger partial charge in [-0.1, -0.05) is 60.2 Å². The standard InChI is InChI=1S/C19H20O/c1-15-9-11-17(12-10-15)19(14-18-8-5-13-20-18)16-6-3-2-4-7-16/h2-4,6-7,9-12,14,18H,5,8,13H2,1H3/b19-14+. The first-order valence-electron chi connectivity index (χ1n) is 7.29. The van der Waals surface area contributed by atoms with Crippen LogP contribution in [-0.2, 0) is 4.74 Å². The molecule has 20 heavy (non-hydrogen) atoms. The molecule has 0 radical (unpaired) electrons. The van der Waals surface area contributed by atoms with Crippen LogP contribution < -0.4 is 0 Å². The number of aryl methyl sites for hydroxylation is 1. The third-order valence-electron chi connectivity index (χ3n) is 3.76. The van der Waals surface area contributed by atoms with Crippen molar-refractivity contribution in [2.45, 2.75) is 25.9 Å². The van der Waals surface area contributed by atoms with E-state index in [1.54, 1.807) is 0 Å². The summed E-state index contributed by atoms with van der Waals surface area (Å²) in [5, 5.41) is 0. The third kappa shape index (κ3) is 3.00. The second-order valence-electron chi connectivity index (χ2n) is 5.36. The van der Waals surface area contributed by atoms with Crippen molar-refractivity contribution in [2.75, 3.05) is 6.61 Å². The van der Waals surface area contributed by atoms with Crippen LogP contribution in [-0.4, -0.2) is 12.7 Å². The highest BCUT2D eigenvalue weighted by Crippen LogP contribution is 2.27. The van der Waals surface area contributed by atoms with Gasteiger partial charge in [0, 0.05) is 6.61 Å². The summed E-state index contributed by atoms with van der Waals surface area (Å²) in [6.45, 7) is 3.01. The average Bonchev–Trinajstić information content (AvgIpc) is 3.00. The lowest BCUT2D eigenvalue weighted by Gasteiger charge is -2.12. The lowest BCUT2D eigenvalue weighted by molar-refractivity contribution is 0.146. The van der Waals surface area contributed by atoms with Crippen molar-refractivity contribution in [3.63, 3.8) is 0 Å². The van der Waals surface area contributed by atoms with E-state index in [1.165, 1.54) is 22.3 Å². The molecule has 2 aromatic rings. The second kappa shape index (κ2) is 6.06. The predicted molar refractivity (Wildman–Crippen MR) is 83.7 cm³/mol. The summed E-state index contributed by atoms with van der Waals surface area (Å²) in [7, 11) is 0. The van der Waals surface area contributed by atoms with Gasteiger partial charge in [0.05, 0.1) is 6.10 Å². The molecule has 2 aromatic carbocycles. The van der Waals surface area contributed by atoms with Gasteiger partial charge in [0.25, 0.3) is 0 Å². The Labute approximate surface area is 120 Å². The van der Waals surface area contributed by atoms with E-state index in [0.29, 0.717) is 0 Å². The third-order valence-corrected chi connectivity index (χ3v) is 3.76. The summed E-state index contributed by atoms with van der Waals surface area (Å²) in [5.41, 5.74) is 5.08. The number of benzene rings is 2. The first kappa shape index (κ1) is 13.1. The van der Waals surface area contributed by atoms with E-state index in [4.69, 9.17) is 4.74 Å². The maximum absolute atomic E-state index is 5.77. The highest BCUT2D eigenvalue weighted by Gasteiger charge is 2.15. The minimum atomic E-state index is 0.256. The van der Waals surface area contributed by atoms with Gasteiger partial charge in [0.15, 0.2) is 0 Å². The molecule has 1 unspecified atom stereocenters. The van der Waals surface area contributed by atoms with Gasteiger partial charge in [-0.3, -0.25) is 0 Å². The molecule has 102 valence electrons. The summed E-state index contributed by atoms with van der Waals surface area (Å²) in [6, 6.07) is 19.3. The molecule has 1 atom stereocenters. The highest BCUT2D eigenvalue weighted by atomic mass is 16.5. The van der Waals surface area contributed by atoms with E-state index in [9.17, 15) is 0 Å². The monoisotopic (exact) mass is 264 g/mol. The molecule has 1 aliphatic heterocycles. The number of hydrogen-bond donors (Lipinski definition) is 0. The molecule has 1 heteroatoms. The van der Waals surface area contributed by atoms with Gasteiger partial charge in [-0.25, -0.2) is 0 Å². The zero-order chi connectivity index (χ0) is 13.8. The topological polar surface area (TPSA) is 9.23 Å². The molecular formula is C19H20O. The van der Waals surface area contributed by atoms with Crippen molar-refractivity contribution in [1.29, 1.82) is 0 Å². The van der Waals surface area contributed by atoms with Crippen molar-refractivity contribution < 1.29 is 4.74 Å². The first-order valence-corrected chi connectivity index (χ1v) is 7.29. The minimum Gasteiger partial charge on any atom is -0.374 e. The summed E-state index contributed by atoms with van der Waals surface area (Å²) in [6.07, 6.45) is 4.83. The second-order valence-corrected chi connectivity index (χ2v) is 5.36. The zero-order valence-electron chi connectivity index (χ0n) is 11.9. The van der Waals surface area contributed by atoms with E-state index < -0.39 is 0 Å². The predicted octanol–water partition coefficient (Wildman–Crippen LogP) is 4.61. The summed E-state index contributed by atoms with van der Waals surface area (Å²) in [5.74, 6) is 0. The normalized spacial score (nSPS) is 19.2. The Hall–Kier alpha value is -1.86. The molecule has 0 spiro atoms.